The Kier molecular flexibility index (Phi) is 8.25. The van der Waals surface area contributed by atoms with Gasteiger partial charge in [-0.15, -0.1) is 0 Å². The lowest BCUT2D eigenvalue weighted by molar-refractivity contribution is 0.0939. The maximum atomic E-state index is 13.5. The summed E-state index contributed by atoms with van der Waals surface area (Å²) in [6.07, 6.45) is 6.25. The third kappa shape index (κ3) is 5.69. The Morgan fingerprint density at radius 2 is 1.92 bits per heavy atom. The smallest absolute Gasteiger partial charge is 0.252 e. The maximum Gasteiger partial charge on any atom is 0.252 e. The minimum atomic E-state index is -0.199. The highest BCUT2D eigenvalue weighted by atomic mass is 127. The number of nitrogens with zero attached hydrogens (tertiary/aromatic N) is 4. The van der Waals surface area contributed by atoms with Gasteiger partial charge in [-0.2, -0.15) is 5.10 Å². The number of halogens is 1. The molecule has 2 bridgehead atoms. The molecule has 3 heterocycles. The predicted octanol–water partition coefficient (Wildman–Crippen LogP) is 4.91. The second-order valence-corrected chi connectivity index (χ2v) is 11.1. The highest BCUT2D eigenvalue weighted by Crippen LogP contribution is 2.33. The number of hydrogen-bond donors (Lipinski definition) is 1. The van der Waals surface area contributed by atoms with Crippen LogP contribution < -0.4 is 15.0 Å². The zero-order valence-corrected chi connectivity index (χ0v) is 24.6. The van der Waals surface area contributed by atoms with Crippen LogP contribution in [0.5, 0.6) is 5.75 Å². The predicted molar refractivity (Wildman–Crippen MR) is 158 cm³/mol. The first kappa shape index (κ1) is 27.0. The number of hydrogen-bond acceptors (Lipinski definition) is 6. The molecule has 1 amide bonds. The van der Waals surface area contributed by atoms with Crippen LogP contribution in [0.1, 0.15) is 47.3 Å². The van der Waals surface area contributed by atoms with Crippen LogP contribution >= 0.6 is 23.0 Å². The number of aromatic nitrogens is 2. The van der Waals surface area contributed by atoms with Crippen LogP contribution in [-0.4, -0.2) is 66.0 Å². The topological polar surface area (TPSA) is 71.9 Å². The van der Waals surface area contributed by atoms with Crippen molar-refractivity contribution < 1.29 is 12.6 Å². The highest BCUT2D eigenvalue weighted by Gasteiger charge is 2.39. The van der Waals surface area contributed by atoms with Gasteiger partial charge in [-0.25, -0.2) is 0 Å². The summed E-state index contributed by atoms with van der Waals surface area (Å²) in [5.41, 5.74) is 5.80. The summed E-state index contributed by atoms with van der Waals surface area (Å²) in [6, 6.07) is 13.2. The van der Waals surface area contributed by atoms with Gasteiger partial charge in [0.25, 0.3) is 5.91 Å². The largest absolute Gasteiger partial charge is 0.497 e. The number of carbonyl (C=O) groups is 1. The molecule has 3 aromatic rings. The Bertz CT molecular complexity index is 1280. The third-order valence-electron chi connectivity index (χ3n) is 7.94. The number of piperazine rings is 1. The van der Waals surface area contributed by atoms with Gasteiger partial charge in [0.05, 0.1) is 26.0 Å². The van der Waals surface area contributed by atoms with Crippen LogP contribution in [-0.2, 0) is 10.1 Å². The molecule has 0 saturated carbocycles. The molecule has 1 N–H and O–H groups in total. The number of nitrogens with one attached hydrogen (secondary N) is 1. The van der Waals surface area contributed by atoms with Crippen molar-refractivity contribution in [3.8, 4) is 16.9 Å². The van der Waals surface area contributed by atoms with Gasteiger partial charge in [0, 0.05) is 61.8 Å². The summed E-state index contributed by atoms with van der Waals surface area (Å²) < 4.78 is 12.6. The molecule has 1 aromatic heterocycles. The Morgan fingerprint density at radius 3 is 2.58 bits per heavy atom. The van der Waals surface area contributed by atoms with Crippen LogP contribution in [0.2, 0.25) is 0 Å². The van der Waals surface area contributed by atoms with Crippen LogP contribution in [0.3, 0.4) is 0 Å². The molecule has 0 aliphatic carbocycles. The summed E-state index contributed by atoms with van der Waals surface area (Å²) in [4.78, 5) is 18.6. The summed E-state index contributed by atoms with van der Waals surface area (Å²) in [6.45, 7) is 7.73. The lowest BCUT2D eigenvalue weighted by Crippen LogP contribution is -2.54. The second kappa shape index (κ2) is 11.6. The first-order valence-electron chi connectivity index (χ1n) is 13.2. The van der Waals surface area contributed by atoms with E-state index in [2.05, 4.69) is 44.5 Å². The Hall–Kier alpha value is -2.63. The molecule has 8 nitrogen and oxygen atoms in total. The molecule has 3 atom stereocenters. The average molecular weight is 630 g/mol. The van der Waals surface area contributed by atoms with Crippen LogP contribution in [0, 0.1) is 6.92 Å². The molecule has 202 valence electrons. The number of anilines is 1. The van der Waals surface area contributed by atoms with Crippen LogP contribution in [0.4, 0.5) is 5.69 Å². The van der Waals surface area contributed by atoms with Gasteiger partial charge in [-0.1, -0.05) is 6.07 Å². The summed E-state index contributed by atoms with van der Waals surface area (Å²) >= 11 is 1.98. The number of amides is 1. The molecule has 9 heteroatoms. The van der Waals surface area contributed by atoms with Crippen molar-refractivity contribution in [2.75, 3.05) is 38.3 Å². The minimum Gasteiger partial charge on any atom is -0.497 e. The number of ether oxygens (including phenoxy) is 1. The Labute approximate surface area is 239 Å². The van der Waals surface area contributed by atoms with Crippen molar-refractivity contribution in [3.05, 3.63) is 65.5 Å². The molecular weight excluding hydrogens is 593 g/mol. The monoisotopic (exact) mass is 629 g/mol. The normalized spacial score (nSPS) is 20.0. The van der Waals surface area contributed by atoms with Crippen molar-refractivity contribution in [2.24, 2.45) is 7.05 Å². The summed E-state index contributed by atoms with van der Waals surface area (Å²) in [7, 11) is 3.56. The van der Waals surface area contributed by atoms with E-state index in [0.29, 0.717) is 12.1 Å². The number of methoxy groups -OCH3 is 1. The van der Waals surface area contributed by atoms with Gasteiger partial charge < -0.3 is 18.0 Å². The van der Waals surface area contributed by atoms with E-state index in [1.165, 1.54) is 12.8 Å². The molecule has 0 spiro atoms. The van der Waals surface area contributed by atoms with Crippen LogP contribution in [0.25, 0.3) is 11.1 Å². The van der Waals surface area contributed by atoms with Gasteiger partial charge >= 0.3 is 0 Å². The van der Waals surface area contributed by atoms with Crippen molar-refractivity contribution in [1.82, 2.24) is 20.0 Å². The number of carbonyl (C=O) groups excluding carboxylic acids is 1. The van der Waals surface area contributed by atoms with Gasteiger partial charge in [0.1, 0.15) is 28.8 Å². The molecule has 2 fully saturated rings. The van der Waals surface area contributed by atoms with Gasteiger partial charge in [-0.3, -0.25) is 14.4 Å². The molecule has 2 aliphatic rings. The van der Waals surface area contributed by atoms with Gasteiger partial charge in [-0.05, 0) is 73.7 Å². The fourth-order valence-corrected chi connectivity index (χ4v) is 6.04. The van der Waals surface area contributed by atoms with E-state index >= 15 is 0 Å². The fraction of sp³-hybridized carbons (Fsp3) is 0.448. The number of benzene rings is 2. The van der Waals surface area contributed by atoms with Crippen molar-refractivity contribution in [2.45, 2.75) is 44.8 Å². The van der Waals surface area contributed by atoms with Crippen molar-refractivity contribution >= 4 is 34.6 Å². The molecule has 0 unspecified atom stereocenters. The Balaban J connectivity index is 1.32. The summed E-state index contributed by atoms with van der Waals surface area (Å²) in [5.74, 6) is 0.683. The molecule has 2 saturated heterocycles. The lowest BCUT2D eigenvalue weighted by Gasteiger charge is -2.42. The van der Waals surface area contributed by atoms with E-state index in [4.69, 9.17) is 7.80 Å². The maximum absolute atomic E-state index is 13.5. The second-order valence-electron chi connectivity index (χ2n) is 10.4. The lowest BCUT2D eigenvalue weighted by atomic mass is 10.0. The number of aryl methyl sites for hydroxylation is 2. The summed E-state index contributed by atoms with van der Waals surface area (Å²) in [5, 5.41) is 7.51. The molecular formula is C29H36IN5O3. The van der Waals surface area contributed by atoms with Crippen molar-refractivity contribution in [1.29, 1.82) is 0 Å². The first-order valence-corrected chi connectivity index (χ1v) is 14.1. The first-order chi connectivity index (χ1) is 18.4. The standard InChI is InChI=1S/C29H36IN5O3/c1-19-5-6-24(34-17-25-7-8-26(18-34)35(25)9-10-38-30)14-28(19)29(36)32-20(2)21-11-22(13-27(12-21)37-4)23-15-31-33(3)16-23/h5-6,11-16,20,25-26H,7-10,17-18H2,1-4H3,(H,32,36)/t20-,25-,26+/m1/s1. The molecule has 2 aromatic carbocycles. The zero-order chi connectivity index (χ0) is 26.8. The van der Waals surface area contributed by atoms with Gasteiger partial charge in [0.2, 0.25) is 0 Å². The van der Waals surface area contributed by atoms with Gasteiger partial charge in [0.15, 0.2) is 0 Å². The molecule has 2 aliphatic heterocycles. The van der Waals surface area contributed by atoms with E-state index in [0.717, 1.165) is 65.5 Å². The zero-order valence-electron chi connectivity index (χ0n) is 22.5. The van der Waals surface area contributed by atoms with E-state index < -0.39 is 0 Å². The molecule has 5 rings (SSSR count). The fourth-order valence-electron chi connectivity index (χ4n) is 5.84. The quantitative estimate of drug-likeness (QED) is 0.340. The third-order valence-corrected chi connectivity index (χ3v) is 8.38. The van der Waals surface area contributed by atoms with Crippen molar-refractivity contribution in [3.63, 3.8) is 0 Å². The Morgan fingerprint density at radius 1 is 1.16 bits per heavy atom. The molecule has 38 heavy (non-hydrogen) atoms. The number of rotatable bonds is 9. The van der Waals surface area contributed by atoms with E-state index in [9.17, 15) is 4.79 Å². The van der Waals surface area contributed by atoms with Crippen LogP contribution in [0.15, 0.2) is 48.8 Å². The van der Waals surface area contributed by atoms with E-state index in [1.807, 2.05) is 68.4 Å². The SMILES string of the molecule is COc1cc(-c2cnn(C)c2)cc([C@@H](C)NC(=O)c2cc(N3C[C@H]4CC[C@@H](C3)N4CCOI)ccc2C)c1. The minimum absolute atomic E-state index is 0.0663. The average Bonchev–Trinajstić information content (AvgIpc) is 3.45. The van der Waals surface area contributed by atoms with E-state index in [-0.39, 0.29) is 11.9 Å². The molecule has 0 radical (unpaired) electrons. The number of fused-ring (bicyclic) bond motifs is 2. The van der Waals surface area contributed by atoms with E-state index in [1.54, 1.807) is 11.8 Å². The highest BCUT2D eigenvalue weighted by molar-refractivity contribution is 14.1.